The number of amides is 1. The van der Waals surface area contributed by atoms with E-state index in [1.807, 2.05) is 0 Å². The molecule has 2 aliphatic heterocycles. The first-order valence-corrected chi connectivity index (χ1v) is 7.90. The maximum atomic E-state index is 12.4. The molecule has 4 nitrogen and oxygen atoms in total. The molecule has 0 aromatic rings. The van der Waals surface area contributed by atoms with Gasteiger partial charge in [0.15, 0.2) is 0 Å². The van der Waals surface area contributed by atoms with Crippen molar-refractivity contribution in [2.45, 2.75) is 56.5 Å². The van der Waals surface area contributed by atoms with Crippen LogP contribution in [0.1, 0.15) is 38.5 Å². The van der Waals surface area contributed by atoms with Gasteiger partial charge in [-0.15, -0.1) is 0 Å². The van der Waals surface area contributed by atoms with Crippen LogP contribution in [0.2, 0.25) is 0 Å². The summed E-state index contributed by atoms with van der Waals surface area (Å²) in [4.78, 5) is 12.4. The van der Waals surface area contributed by atoms with Gasteiger partial charge in [-0.2, -0.15) is 0 Å². The van der Waals surface area contributed by atoms with Crippen LogP contribution >= 0.6 is 0 Å². The summed E-state index contributed by atoms with van der Waals surface area (Å²) >= 11 is 0. The van der Waals surface area contributed by atoms with Crippen molar-refractivity contribution in [2.24, 2.45) is 29.6 Å². The Balaban J connectivity index is 1.59. The lowest BCUT2D eigenvalue weighted by Gasteiger charge is -2.39. The summed E-state index contributed by atoms with van der Waals surface area (Å²) in [6, 6.07) is 0. The molecule has 19 heavy (non-hydrogen) atoms. The normalized spacial score (nSPS) is 58.9. The Morgan fingerprint density at radius 3 is 2.79 bits per heavy atom. The molecule has 2 saturated heterocycles. The zero-order chi connectivity index (χ0) is 12.8. The van der Waals surface area contributed by atoms with E-state index >= 15 is 0 Å². The van der Waals surface area contributed by atoms with Crippen LogP contribution in [0.5, 0.6) is 0 Å². The van der Waals surface area contributed by atoms with Gasteiger partial charge in [-0.1, -0.05) is 19.3 Å². The number of rotatable bonds is 1. The van der Waals surface area contributed by atoms with Gasteiger partial charge in [0, 0.05) is 11.8 Å². The van der Waals surface area contributed by atoms with Crippen molar-refractivity contribution in [3.63, 3.8) is 0 Å². The zero-order valence-electron chi connectivity index (χ0n) is 11.0. The minimum Gasteiger partial charge on any atom is -0.390 e. The van der Waals surface area contributed by atoms with E-state index in [9.17, 15) is 9.90 Å². The number of aliphatic hydroxyl groups is 1. The van der Waals surface area contributed by atoms with Gasteiger partial charge in [0.05, 0.1) is 18.1 Å². The highest BCUT2D eigenvalue weighted by Crippen LogP contribution is 2.67. The fourth-order valence-electron chi connectivity index (χ4n) is 6.12. The van der Waals surface area contributed by atoms with Crippen molar-refractivity contribution in [3.8, 4) is 0 Å². The molecule has 1 amide bonds. The van der Waals surface area contributed by atoms with E-state index in [0.29, 0.717) is 17.8 Å². The Kier molecular flexibility index (Phi) is 1.95. The minimum absolute atomic E-state index is 0.00576. The van der Waals surface area contributed by atoms with E-state index in [2.05, 4.69) is 5.32 Å². The number of fused-ring (bicyclic) bond motifs is 2. The average molecular weight is 263 g/mol. The van der Waals surface area contributed by atoms with Crippen molar-refractivity contribution in [1.82, 2.24) is 5.32 Å². The van der Waals surface area contributed by atoms with Crippen LogP contribution in [0.25, 0.3) is 0 Å². The second-order valence-electron chi connectivity index (χ2n) is 7.31. The summed E-state index contributed by atoms with van der Waals surface area (Å²) in [6.45, 7) is 0. The summed E-state index contributed by atoms with van der Waals surface area (Å²) in [6.07, 6.45) is 6.76. The van der Waals surface area contributed by atoms with Gasteiger partial charge < -0.3 is 15.2 Å². The first-order chi connectivity index (χ1) is 9.22. The van der Waals surface area contributed by atoms with E-state index < -0.39 is 11.8 Å². The van der Waals surface area contributed by atoms with Crippen molar-refractivity contribution in [1.29, 1.82) is 0 Å². The van der Waals surface area contributed by atoms with E-state index in [-0.39, 0.29) is 23.8 Å². The summed E-state index contributed by atoms with van der Waals surface area (Å²) in [5.41, 5.74) is -0.413. The Bertz CT molecular complexity index is 447. The predicted molar refractivity (Wildman–Crippen MR) is 66.9 cm³/mol. The smallest absolute Gasteiger partial charge is 0.226 e. The van der Waals surface area contributed by atoms with Gasteiger partial charge in [0.25, 0.3) is 0 Å². The topological polar surface area (TPSA) is 58.6 Å². The van der Waals surface area contributed by atoms with Gasteiger partial charge in [-0.3, -0.25) is 4.79 Å². The second kappa shape index (κ2) is 3.34. The van der Waals surface area contributed by atoms with E-state index in [1.54, 1.807) is 0 Å². The van der Waals surface area contributed by atoms with Gasteiger partial charge in [0.1, 0.15) is 5.72 Å². The van der Waals surface area contributed by atoms with Crippen LogP contribution in [0, 0.1) is 29.6 Å². The molecule has 0 spiro atoms. The highest BCUT2D eigenvalue weighted by atomic mass is 16.5. The van der Waals surface area contributed by atoms with E-state index in [0.717, 1.165) is 6.42 Å². The maximum Gasteiger partial charge on any atom is 0.226 e. The number of nitrogens with one attached hydrogen (secondary N) is 1. The standard InChI is InChI=1S/C15H21NO3/c17-12-8-6-9-11-10(8)14(18)16-15(11,19-13(9)12)7-4-2-1-3-5-7/h7-13,17H,1-6H2,(H,16,18). The molecule has 5 rings (SSSR count). The molecule has 5 aliphatic rings. The third-order valence-corrected chi connectivity index (χ3v) is 6.71. The van der Waals surface area contributed by atoms with E-state index in [1.165, 1.54) is 32.1 Å². The molecule has 7 unspecified atom stereocenters. The minimum atomic E-state index is -0.413. The molecule has 5 fully saturated rings. The second-order valence-corrected chi connectivity index (χ2v) is 7.31. The number of hydrogen-bond acceptors (Lipinski definition) is 3. The number of carbonyl (C=O) groups is 1. The largest absolute Gasteiger partial charge is 0.390 e. The first-order valence-electron chi connectivity index (χ1n) is 7.90. The van der Waals surface area contributed by atoms with Crippen molar-refractivity contribution < 1.29 is 14.6 Å². The maximum absolute atomic E-state index is 12.4. The molecule has 0 radical (unpaired) electrons. The van der Waals surface area contributed by atoms with Crippen LogP contribution in [-0.2, 0) is 9.53 Å². The summed E-state index contributed by atoms with van der Waals surface area (Å²) in [7, 11) is 0. The predicted octanol–water partition coefficient (Wildman–Crippen LogP) is 1.03. The number of hydrogen-bond donors (Lipinski definition) is 2. The Hall–Kier alpha value is -0.610. The lowest BCUT2D eigenvalue weighted by Crippen LogP contribution is -2.53. The monoisotopic (exact) mass is 263 g/mol. The molecule has 0 aromatic heterocycles. The molecular formula is C15H21NO3. The molecule has 4 heteroatoms. The molecule has 2 heterocycles. The highest BCUT2D eigenvalue weighted by Gasteiger charge is 2.77. The van der Waals surface area contributed by atoms with Crippen LogP contribution in [0.3, 0.4) is 0 Å². The molecule has 3 aliphatic carbocycles. The number of aliphatic hydroxyl groups excluding tert-OH is 1. The highest BCUT2D eigenvalue weighted by molar-refractivity contribution is 5.84. The fourth-order valence-corrected chi connectivity index (χ4v) is 6.12. The summed E-state index contributed by atoms with van der Waals surface area (Å²) in [5.74, 6) is 1.58. The third kappa shape index (κ3) is 1.09. The van der Waals surface area contributed by atoms with Gasteiger partial charge >= 0.3 is 0 Å². The zero-order valence-corrected chi connectivity index (χ0v) is 11.0. The van der Waals surface area contributed by atoms with Gasteiger partial charge in [-0.25, -0.2) is 0 Å². The molecule has 3 saturated carbocycles. The fraction of sp³-hybridized carbons (Fsp3) is 0.933. The lowest BCUT2D eigenvalue weighted by molar-refractivity contribution is -0.151. The molecule has 0 aromatic carbocycles. The van der Waals surface area contributed by atoms with Crippen LogP contribution in [-0.4, -0.2) is 28.9 Å². The van der Waals surface area contributed by atoms with Crippen molar-refractivity contribution in [2.75, 3.05) is 0 Å². The molecule has 2 bridgehead atoms. The van der Waals surface area contributed by atoms with Gasteiger partial charge in [-0.05, 0) is 31.1 Å². The first kappa shape index (κ1) is 11.1. The Morgan fingerprint density at radius 1 is 1.21 bits per heavy atom. The lowest BCUT2D eigenvalue weighted by atomic mass is 9.71. The summed E-state index contributed by atoms with van der Waals surface area (Å²) in [5, 5.41) is 13.6. The van der Waals surface area contributed by atoms with E-state index in [4.69, 9.17) is 4.74 Å². The van der Waals surface area contributed by atoms with Crippen LogP contribution in [0.15, 0.2) is 0 Å². The van der Waals surface area contributed by atoms with Gasteiger partial charge in [0.2, 0.25) is 5.91 Å². The van der Waals surface area contributed by atoms with Crippen LogP contribution < -0.4 is 5.32 Å². The van der Waals surface area contributed by atoms with Crippen molar-refractivity contribution >= 4 is 5.91 Å². The van der Waals surface area contributed by atoms with Crippen molar-refractivity contribution in [3.05, 3.63) is 0 Å². The molecule has 104 valence electrons. The third-order valence-electron chi connectivity index (χ3n) is 6.71. The Labute approximate surface area is 112 Å². The Morgan fingerprint density at radius 2 is 2.00 bits per heavy atom. The molecule has 2 N–H and O–H groups in total. The SMILES string of the molecule is O=C1NC2(C3CCCCC3)OC3C(O)C4CC3C2C14. The quantitative estimate of drug-likeness (QED) is 0.743. The molecule has 7 atom stereocenters. The summed E-state index contributed by atoms with van der Waals surface area (Å²) < 4.78 is 6.36. The average Bonchev–Trinajstić information content (AvgIpc) is 3.08. The molecular weight excluding hydrogens is 242 g/mol. The number of ether oxygens (including phenoxy) is 1. The number of carbonyl (C=O) groups excluding carboxylic acids is 1. The van der Waals surface area contributed by atoms with Crippen LogP contribution in [0.4, 0.5) is 0 Å².